The molecule has 0 heterocycles. The first kappa shape index (κ1) is 26.0. The van der Waals surface area contributed by atoms with Gasteiger partial charge in [0.1, 0.15) is 18.2 Å². The maximum absolute atomic E-state index is 12.6. The molecule has 0 bridgehead atoms. The average molecular weight is 421 g/mol. The van der Waals surface area contributed by atoms with Gasteiger partial charge in [0.2, 0.25) is 0 Å². The molecule has 0 unspecified atom stereocenters. The summed E-state index contributed by atoms with van der Waals surface area (Å²) in [6.45, 7) is 13.4. The second kappa shape index (κ2) is 13.3. The van der Waals surface area contributed by atoms with Crippen LogP contribution in [0.1, 0.15) is 66.4 Å². The first-order valence-electron chi connectivity index (χ1n) is 11.0. The van der Waals surface area contributed by atoms with Gasteiger partial charge in [-0.2, -0.15) is 0 Å². The lowest BCUT2D eigenvalue weighted by Crippen LogP contribution is -2.43. The van der Waals surface area contributed by atoms with Gasteiger partial charge in [-0.1, -0.05) is 57.5 Å². The number of hydrogen-bond acceptors (Lipinski definition) is 5. The largest absolute Gasteiger partial charge is 0.460 e. The normalized spacial score (nSPS) is 14.5. The van der Waals surface area contributed by atoms with E-state index in [-0.39, 0.29) is 24.0 Å². The van der Waals surface area contributed by atoms with Gasteiger partial charge in [0.25, 0.3) is 0 Å². The summed E-state index contributed by atoms with van der Waals surface area (Å²) in [7, 11) is 0. The van der Waals surface area contributed by atoms with Crippen molar-refractivity contribution in [2.75, 3.05) is 13.1 Å². The van der Waals surface area contributed by atoms with Crippen LogP contribution in [0.25, 0.3) is 0 Å². The summed E-state index contributed by atoms with van der Waals surface area (Å²) >= 11 is 0. The quantitative estimate of drug-likeness (QED) is 0.480. The molecule has 1 aromatic rings. The van der Waals surface area contributed by atoms with Crippen molar-refractivity contribution < 1.29 is 19.1 Å². The second-order valence-corrected chi connectivity index (χ2v) is 9.02. The molecule has 3 atom stereocenters. The Morgan fingerprint density at radius 3 is 2.27 bits per heavy atom. The molecule has 6 nitrogen and oxygen atoms in total. The minimum Gasteiger partial charge on any atom is -0.460 e. The van der Waals surface area contributed by atoms with Crippen molar-refractivity contribution >= 4 is 12.1 Å². The maximum atomic E-state index is 12.6. The molecule has 0 aliphatic heterocycles. The van der Waals surface area contributed by atoms with Crippen molar-refractivity contribution in [1.82, 2.24) is 10.6 Å². The SMILES string of the molecule is CC[C@H](C)[C@H](NCC[C@H](C)CCNC(=O)OC(C)(C)C)C(=O)OCc1ccccc1. The molecule has 0 saturated carbocycles. The number of ether oxygens (including phenoxy) is 2. The lowest BCUT2D eigenvalue weighted by Gasteiger charge is -2.24. The van der Waals surface area contributed by atoms with E-state index >= 15 is 0 Å². The predicted octanol–water partition coefficient (Wildman–Crippen LogP) is 4.68. The van der Waals surface area contributed by atoms with Crippen LogP contribution in [-0.4, -0.2) is 36.8 Å². The number of carbonyl (C=O) groups is 2. The minimum absolute atomic E-state index is 0.192. The first-order chi connectivity index (χ1) is 14.1. The zero-order valence-electron chi connectivity index (χ0n) is 19.5. The zero-order valence-corrected chi connectivity index (χ0v) is 19.5. The highest BCUT2D eigenvalue weighted by atomic mass is 16.6. The lowest BCUT2D eigenvalue weighted by atomic mass is 9.98. The number of alkyl carbamates (subject to hydrolysis) is 1. The molecule has 0 radical (unpaired) electrons. The first-order valence-corrected chi connectivity index (χ1v) is 11.0. The number of carbonyl (C=O) groups excluding carboxylic acids is 2. The molecule has 0 aliphatic carbocycles. The standard InChI is InChI=1S/C24H40N2O4/c1-7-19(3)21(22(27)29-17-20-11-9-8-10-12-20)25-15-13-18(2)14-16-26-23(28)30-24(4,5)6/h8-12,18-19,21,25H,7,13-17H2,1-6H3,(H,26,28)/t18-,19-,21-/m0/s1. The summed E-state index contributed by atoms with van der Waals surface area (Å²) in [6, 6.07) is 9.40. The van der Waals surface area contributed by atoms with Crippen molar-refractivity contribution in [2.45, 2.75) is 79.1 Å². The highest BCUT2D eigenvalue weighted by molar-refractivity contribution is 5.76. The molecule has 1 rings (SSSR count). The Morgan fingerprint density at radius 2 is 1.67 bits per heavy atom. The van der Waals surface area contributed by atoms with Gasteiger partial charge in [0.15, 0.2) is 0 Å². The number of nitrogens with one attached hydrogen (secondary N) is 2. The molecule has 0 saturated heterocycles. The lowest BCUT2D eigenvalue weighted by molar-refractivity contribution is -0.149. The fourth-order valence-corrected chi connectivity index (χ4v) is 2.94. The van der Waals surface area contributed by atoms with Crippen LogP contribution in [0.5, 0.6) is 0 Å². The van der Waals surface area contributed by atoms with E-state index in [1.54, 1.807) is 0 Å². The molecular weight excluding hydrogens is 380 g/mol. The molecule has 0 aromatic heterocycles. The maximum Gasteiger partial charge on any atom is 0.407 e. The summed E-state index contributed by atoms with van der Waals surface area (Å²) in [5.74, 6) is 0.398. The van der Waals surface area contributed by atoms with Crippen LogP contribution < -0.4 is 10.6 Å². The van der Waals surface area contributed by atoms with E-state index in [0.29, 0.717) is 19.1 Å². The number of benzene rings is 1. The summed E-state index contributed by atoms with van der Waals surface area (Å²) in [5.41, 5.74) is 0.500. The van der Waals surface area contributed by atoms with E-state index in [2.05, 4.69) is 31.4 Å². The van der Waals surface area contributed by atoms with Crippen LogP contribution in [0.4, 0.5) is 4.79 Å². The molecule has 30 heavy (non-hydrogen) atoms. The molecule has 0 aliphatic rings. The van der Waals surface area contributed by atoms with E-state index in [1.165, 1.54) is 0 Å². The van der Waals surface area contributed by atoms with Crippen molar-refractivity contribution in [1.29, 1.82) is 0 Å². The Labute approximate surface area is 182 Å². The molecule has 2 N–H and O–H groups in total. The fraction of sp³-hybridized carbons (Fsp3) is 0.667. The highest BCUT2D eigenvalue weighted by Crippen LogP contribution is 2.13. The van der Waals surface area contributed by atoms with Crippen LogP contribution in [-0.2, 0) is 20.9 Å². The minimum atomic E-state index is -0.486. The summed E-state index contributed by atoms with van der Waals surface area (Å²) in [6.07, 6.45) is 2.28. The van der Waals surface area contributed by atoms with Gasteiger partial charge in [-0.05, 0) is 57.6 Å². The van der Waals surface area contributed by atoms with Gasteiger partial charge in [0, 0.05) is 6.54 Å². The Balaban J connectivity index is 2.35. The third-order valence-electron chi connectivity index (χ3n) is 5.00. The van der Waals surface area contributed by atoms with Crippen LogP contribution in [0.15, 0.2) is 30.3 Å². The van der Waals surface area contributed by atoms with E-state index in [0.717, 1.165) is 31.4 Å². The number of rotatable bonds is 12. The summed E-state index contributed by atoms with van der Waals surface area (Å²) in [5, 5.41) is 6.17. The predicted molar refractivity (Wildman–Crippen MR) is 120 cm³/mol. The molecule has 6 heteroatoms. The molecular formula is C24H40N2O4. The highest BCUT2D eigenvalue weighted by Gasteiger charge is 2.25. The Kier molecular flexibility index (Phi) is 11.5. The molecule has 0 fully saturated rings. The van der Waals surface area contributed by atoms with Gasteiger partial charge in [0.05, 0.1) is 0 Å². The van der Waals surface area contributed by atoms with Gasteiger partial charge < -0.3 is 20.1 Å². The van der Waals surface area contributed by atoms with Crippen molar-refractivity contribution in [3.8, 4) is 0 Å². The molecule has 1 amide bonds. The van der Waals surface area contributed by atoms with Gasteiger partial charge in [-0.3, -0.25) is 4.79 Å². The van der Waals surface area contributed by atoms with Crippen LogP contribution in [0, 0.1) is 11.8 Å². The monoisotopic (exact) mass is 420 g/mol. The van der Waals surface area contributed by atoms with Crippen LogP contribution >= 0.6 is 0 Å². The fourth-order valence-electron chi connectivity index (χ4n) is 2.94. The third-order valence-corrected chi connectivity index (χ3v) is 5.00. The van der Waals surface area contributed by atoms with Crippen LogP contribution in [0.2, 0.25) is 0 Å². The average Bonchev–Trinajstić information content (AvgIpc) is 2.68. The van der Waals surface area contributed by atoms with Crippen molar-refractivity contribution in [3.05, 3.63) is 35.9 Å². The summed E-state index contributed by atoms with van der Waals surface area (Å²) in [4.78, 5) is 24.3. The van der Waals surface area contributed by atoms with Gasteiger partial charge >= 0.3 is 12.1 Å². The van der Waals surface area contributed by atoms with Crippen molar-refractivity contribution in [2.24, 2.45) is 11.8 Å². The molecule has 1 aromatic carbocycles. The smallest absolute Gasteiger partial charge is 0.407 e. The van der Waals surface area contributed by atoms with Gasteiger partial charge in [-0.15, -0.1) is 0 Å². The van der Waals surface area contributed by atoms with E-state index < -0.39 is 5.60 Å². The second-order valence-electron chi connectivity index (χ2n) is 9.02. The van der Waals surface area contributed by atoms with Crippen LogP contribution in [0.3, 0.4) is 0 Å². The third kappa shape index (κ3) is 11.2. The van der Waals surface area contributed by atoms with Gasteiger partial charge in [-0.25, -0.2) is 4.79 Å². The Morgan fingerprint density at radius 1 is 1.03 bits per heavy atom. The van der Waals surface area contributed by atoms with Crippen molar-refractivity contribution in [3.63, 3.8) is 0 Å². The Bertz CT molecular complexity index is 628. The molecule has 170 valence electrons. The summed E-state index contributed by atoms with van der Waals surface area (Å²) < 4.78 is 10.8. The van der Waals surface area contributed by atoms with E-state index in [9.17, 15) is 9.59 Å². The zero-order chi connectivity index (χ0) is 22.6. The van der Waals surface area contributed by atoms with E-state index in [1.807, 2.05) is 51.1 Å². The van der Waals surface area contributed by atoms with E-state index in [4.69, 9.17) is 9.47 Å². The molecule has 0 spiro atoms. The topological polar surface area (TPSA) is 76.7 Å². The number of hydrogen-bond donors (Lipinski definition) is 2. The Hall–Kier alpha value is -2.08. The number of amides is 1. The number of esters is 1.